The molecule has 3 aromatic heterocycles. The number of hydrogen-bond donors (Lipinski definition) is 2. The van der Waals surface area contributed by atoms with Crippen LogP contribution in [-0.2, 0) is 13.5 Å². The summed E-state index contributed by atoms with van der Waals surface area (Å²) in [4.78, 5) is 20.4. The van der Waals surface area contributed by atoms with Gasteiger partial charge in [-0.25, -0.2) is 4.98 Å². The highest BCUT2D eigenvalue weighted by Gasteiger charge is 2.18. The second kappa shape index (κ2) is 6.87. The van der Waals surface area contributed by atoms with Gasteiger partial charge in [0.1, 0.15) is 5.65 Å². The third kappa shape index (κ3) is 2.87. The minimum atomic E-state index is -0.0417. The summed E-state index contributed by atoms with van der Waals surface area (Å²) in [5, 5.41) is 9.45. The lowest BCUT2D eigenvalue weighted by atomic mass is 10.0. The molecule has 3 heterocycles. The Labute approximate surface area is 157 Å². The fraction of sp³-hybridized carbons (Fsp3) is 0.286. The van der Waals surface area contributed by atoms with Crippen molar-refractivity contribution in [2.45, 2.75) is 26.7 Å². The van der Waals surface area contributed by atoms with Gasteiger partial charge in [0.25, 0.3) is 5.91 Å². The minimum Gasteiger partial charge on any atom is -0.352 e. The van der Waals surface area contributed by atoms with E-state index >= 15 is 0 Å². The molecule has 0 aliphatic rings. The van der Waals surface area contributed by atoms with Crippen LogP contribution in [0.1, 0.15) is 36.2 Å². The number of H-pyrrole nitrogens is 1. The van der Waals surface area contributed by atoms with E-state index in [0.717, 1.165) is 46.0 Å². The van der Waals surface area contributed by atoms with Gasteiger partial charge in [0.2, 0.25) is 0 Å². The molecule has 0 unspecified atom stereocenters. The van der Waals surface area contributed by atoms with E-state index in [-0.39, 0.29) is 5.91 Å². The molecule has 0 saturated heterocycles. The number of carbonyl (C=O) groups excluding carboxylic acids is 1. The Morgan fingerprint density at radius 3 is 2.89 bits per heavy atom. The van der Waals surface area contributed by atoms with Crippen molar-refractivity contribution >= 4 is 27.8 Å². The van der Waals surface area contributed by atoms with Crippen molar-refractivity contribution in [2.75, 3.05) is 6.54 Å². The second-order valence-electron chi connectivity index (χ2n) is 6.72. The first-order valence-electron chi connectivity index (χ1n) is 9.33. The summed E-state index contributed by atoms with van der Waals surface area (Å²) in [6, 6.07) is 7.74. The average molecular weight is 361 g/mol. The Kier molecular flexibility index (Phi) is 4.39. The maximum Gasteiger partial charge on any atom is 0.251 e. The summed E-state index contributed by atoms with van der Waals surface area (Å²) in [5.74, 6) is -0.0417. The Balaban J connectivity index is 1.88. The quantitative estimate of drug-likeness (QED) is 0.567. The Morgan fingerprint density at radius 1 is 1.26 bits per heavy atom. The van der Waals surface area contributed by atoms with Gasteiger partial charge >= 0.3 is 0 Å². The van der Waals surface area contributed by atoms with Crippen LogP contribution in [-0.4, -0.2) is 32.2 Å². The lowest BCUT2D eigenvalue weighted by Crippen LogP contribution is -2.23. The topological polar surface area (TPSA) is 75.6 Å². The molecule has 2 N–H and O–H groups in total. The third-order valence-electron chi connectivity index (χ3n) is 4.92. The van der Waals surface area contributed by atoms with Gasteiger partial charge in [-0.15, -0.1) is 0 Å². The minimum absolute atomic E-state index is 0.0417. The third-order valence-corrected chi connectivity index (χ3v) is 4.92. The Bertz CT molecular complexity index is 1140. The van der Waals surface area contributed by atoms with E-state index in [1.807, 2.05) is 55.3 Å². The molecule has 6 nitrogen and oxygen atoms in total. The number of pyridine rings is 1. The summed E-state index contributed by atoms with van der Waals surface area (Å²) in [5.41, 5.74) is 5.79. The molecule has 0 atom stereocenters. The van der Waals surface area contributed by atoms with Gasteiger partial charge in [0.15, 0.2) is 0 Å². The van der Waals surface area contributed by atoms with Crippen molar-refractivity contribution in [3.63, 3.8) is 0 Å². The van der Waals surface area contributed by atoms with Gasteiger partial charge in [-0.1, -0.05) is 26.0 Å². The smallest absolute Gasteiger partial charge is 0.251 e. The van der Waals surface area contributed by atoms with Crippen molar-refractivity contribution < 1.29 is 4.79 Å². The van der Waals surface area contributed by atoms with Crippen molar-refractivity contribution in [1.29, 1.82) is 0 Å². The Morgan fingerprint density at radius 2 is 2.11 bits per heavy atom. The number of aryl methyl sites for hydroxylation is 2. The van der Waals surface area contributed by atoms with Gasteiger partial charge in [-0.05, 0) is 36.1 Å². The number of nitrogens with one attached hydrogen (secondary N) is 2. The zero-order valence-electron chi connectivity index (χ0n) is 15.8. The zero-order chi connectivity index (χ0) is 19.0. The van der Waals surface area contributed by atoms with E-state index in [4.69, 9.17) is 0 Å². The van der Waals surface area contributed by atoms with Gasteiger partial charge in [0.05, 0.1) is 17.4 Å². The number of fused-ring (bicyclic) bond motifs is 3. The molecule has 0 spiro atoms. The van der Waals surface area contributed by atoms with E-state index in [1.54, 1.807) is 0 Å². The van der Waals surface area contributed by atoms with Gasteiger partial charge < -0.3 is 10.3 Å². The number of aromatic nitrogens is 4. The van der Waals surface area contributed by atoms with E-state index in [1.165, 1.54) is 5.56 Å². The summed E-state index contributed by atoms with van der Waals surface area (Å²) < 4.78 is 1.89. The van der Waals surface area contributed by atoms with E-state index < -0.39 is 0 Å². The molecule has 4 aromatic rings. The Hall–Kier alpha value is -3.15. The van der Waals surface area contributed by atoms with Crippen LogP contribution in [0.5, 0.6) is 0 Å². The van der Waals surface area contributed by atoms with Crippen molar-refractivity contribution in [3.05, 3.63) is 47.8 Å². The average Bonchev–Trinajstić information content (AvgIpc) is 3.26. The highest BCUT2D eigenvalue weighted by atomic mass is 16.1. The summed E-state index contributed by atoms with van der Waals surface area (Å²) >= 11 is 0. The zero-order valence-corrected chi connectivity index (χ0v) is 15.8. The lowest BCUT2D eigenvalue weighted by Gasteiger charge is -2.07. The highest BCUT2D eigenvalue weighted by molar-refractivity contribution is 6.07. The number of benzene rings is 1. The molecule has 0 aliphatic heterocycles. The molecule has 1 aromatic carbocycles. The standard InChI is InChI=1S/C21H23N5O/c1-4-9-22-21(27)14-8-6-7-13(10-14)18-16(5-2)17-19-15(12-24-26(19)3)11-23-20(17)25-18/h6-8,10-12H,4-5,9H2,1-3H3,(H,22,27)(H,23,25). The lowest BCUT2D eigenvalue weighted by molar-refractivity contribution is 0.0953. The van der Waals surface area contributed by atoms with Crippen LogP contribution in [0.25, 0.3) is 33.2 Å². The van der Waals surface area contributed by atoms with Crippen molar-refractivity contribution in [2.24, 2.45) is 7.05 Å². The summed E-state index contributed by atoms with van der Waals surface area (Å²) in [7, 11) is 1.95. The predicted octanol–water partition coefficient (Wildman–Crippen LogP) is 3.82. The molecular formula is C21H23N5O. The van der Waals surface area contributed by atoms with E-state index in [0.29, 0.717) is 12.1 Å². The maximum atomic E-state index is 12.4. The number of hydrogen-bond acceptors (Lipinski definition) is 3. The normalized spacial score (nSPS) is 11.4. The molecule has 0 radical (unpaired) electrons. The molecule has 0 fully saturated rings. The van der Waals surface area contributed by atoms with Crippen LogP contribution in [0, 0.1) is 0 Å². The molecule has 27 heavy (non-hydrogen) atoms. The fourth-order valence-corrected chi connectivity index (χ4v) is 3.62. The predicted molar refractivity (Wildman–Crippen MR) is 108 cm³/mol. The first kappa shape index (κ1) is 17.3. The number of rotatable bonds is 5. The number of nitrogens with zero attached hydrogens (tertiary/aromatic N) is 3. The largest absolute Gasteiger partial charge is 0.352 e. The van der Waals surface area contributed by atoms with Crippen LogP contribution in [0.4, 0.5) is 0 Å². The fourth-order valence-electron chi connectivity index (χ4n) is 3.62. The van der Waals surface area contributed by atoms with Gasteiger partial charge in [0, 0.05) is 36.1 Å². The summed E-state index contributed by atoms with van der Waals surface area (Å²) in [6.45, 7) is 4.86. The molecule has 138 valence electrons. The number of carbonyl (C=O) groups is 1. The van der Waals surface area contributed by atoms with Crippen molar-refractivity contribution in [3.8, 4) is 11.3 Å². The second-order valence-corrected chi connectivity index (χ2v) is 6.72. The van der Waals surface area contributed by atoms with Crippen LogP contribution >= 0.6 is 0 Å². The highest BCUT2D eigenvalue weighted by Crippen LogP contribution is 2.34. The molecule has 0 bridgehead atoms. The first-order chi connectivity index (χ1) is 13.1. The summed E-state index contributed by atoms with van der Waals surface area (Å²) in [6.07, 6.45) is 5.46. The number of aromatic amines is 1. The van der Waals surface area contributed by atoms with Crippen LogP contribution < -0.4 is 5.32 Å². The molecule has 0 aliphatic carbocycles. The molecule has 0 saturated carbocycles. The van der Waals surface area contributed by atoms with Crippen LogP contribution in [0.15, 0.2) is 36.7 Å². The van der Waals surface area contributed by atoms with Gasteiger partial charge in [-0.3, -0.25) is 9.48 Å². The molecular weight excluding hydrogens is 338 g/mol. The van der Waals surface area contributed by atoms with Crippen LogP contribution in [0.3, 0.4) is 0 Å². The maximum absolute atomic E-state index is 12.4. The monoisotopic (exact) mass is 361 g/mol. The molecule has 6 heteroatoms. The SMILES string of the molecule is CCCNC(=O)c1cccc(-c2[nH]c3ncc4cnn(C)c4c3c2CC)c1. The first-order valence-corrected chi connectivity index (χ1v) is 9.33. The van der Waals surface area contributed by atoms with Gasteiger partial charge in [-0.2, -0.15) is 5.10 Å². The van der Waals surface area contributed by atoms with Crippen LogP contribution in [0.2, 0.25) is 0 Å². The number of amides is 1. The molecule has 4 rings (SSSR count). The van der Waals surface area contributed by atoms with Crippen molar-refractivity contribution in [1.82, 2.24) is 25.1 Å². The van der Waals surface area contributed by atoms with E-state index in [9.17, 15) is 4.79 Å². The van der Waals surface area contributed by atoms with E-state index in [2.05, 4.69) is 27.3 Å². The molecule has 1 amide bonds.